The van der Waals surface area contributed by atoms with Gasteiger partial charge in [0.05, 0.1) is 27.0 Å². The van der Waals surface area contributed by atoms with Crippen LogP contribution in [0.3, 0.4) is 0 Å². The first-order valence-electron chi connectivity index (χ1n) is 8.77. The van der Waals surface area contributed by atoms with Crippen LogP contribution in [0, 0.1) is 27.7 Å². The molecule has 0 radical (unpaired) electrons. The number of aryl methyl sites for hydroxylation is 4. The summed E-state index contributed by atoms with van der Waals surface area (Å²) in [4.78, 5) is 17.6. The van der Waals surface area contributed by atoms with Crippen LogP contribution in [0.2, 0.25) is 0 Å². The SMILES string of the molecule is Cc1nc(C)c(-c2ccc(=O)n(CCNS(=O)(=O)c3ccc(C)c(C)c3)n2)s1. The van der Waals surface area contributed by atoms with Crippen LogP contribution in [-0.2, 0) is 16.6 Å². The Bertz CT molecular complexity index is 1180. The molecule has 148 valence electrons. The maximum absolute atomic E-state index is 12.5. The van der Waals surface area contributed by atoms with Crippen LogP contribution in [-0.4, -0.2) is 29.7 Å². The van der Waals surface area contributed by atoms with E-state index >= 15 is 0 Å². The summed E-state index contributed by atoms with van der Waals surface area (Å²) in [6.07, 6.45) is 0. The van der Waals surface area contributed by atoms with E-state index < -0.39 is 10.0 Å². The number of aromatic nitrogens is 3. The highest BCUT2D eigenvalue weighted by Gasteiger charge is 2.15. The molecule has 2 aromatic heterocycles. The van der Waals surface area contributed by atoms with Crippen molar-refractivity contribution in [3.63, 3.8) is 0 Å². The number of nitrogens with zero attached hydrogens (tertiary/aromatic N) is 3. The lowest BCUT2D eigenvalue weighted by molar-refractivity contribution is 0.549. The van der Waals surface area contributed by atoms with Crippen LogP contribution >= 0.6 is 11.3 Å². The molecule has 1 aromatic carbocycles. The molecule has 0 aliphatic carbocycles. The standard InChI is InChI=1S/C19H22N4O3S2/c1-12-5-6-16(11-13(12)2)28(25,26)20-9-10-23-18(24)8-7-17(22-23)19-14(3)21-15(4)27-19/h5-8,11,20H,9-10H2,1-4H3. The normalized spacial score (nSPS) is 11.7. The monoisotopic (exact) mass is 418 g/mol. The van der Waals surface area contributed by atoms with Crippen LogP contribution in [0.5, 0.6) is 0 Å². The zero-order valence-corrected chi connectivity index (χ0v) is 17.8. The third kappa shape index (κ3) is 4.37. The van der Waals surface area contributed by atoms with Crippen LogP contribution in [0.4, 0.5) is 0 Å². The second kappa shape index (κ2) is 7.94. The van der Waals surface area contributed by atoms with E-state index in [-0.39, 0.29) is 23.5 Å². The molecule has 0 amide bonds. The average molecular weight is 419 g/mol. The van der Waals surface area contributed by atoms with Gasteiger partial charge in [-0.2, -0.15) is 5.10 Å². The lowest BCUT2D eigenvalue weighted by atomic mass is 10.1. The minimum Gasteiger partial charge on any atom is -0.268 e. The topological polar surface area (TPSA) is 94.0 Å². The molecule has 7 nitrogen and oxygen atoms in total. The van der Waals surface area contributed by atoms with Crippen LogP contribution < -0.4 is 10.3 Å². The van der Waals surface area contributed by atoms with Gasteiger partial charge in [0.15, 0.2) is 0 Å². The third-order valence-corrected chi connectivity index (χ3v) is 6.96. The summed E-state index contributed by atoms with van der Waals surface area (Å²) in [6.45, 7) is 7.80. The summed E-state index contributed by atoms with van der Waals surface area (Å²) < 4.78 is 28.8. The Kier molecular flexibility index (Phi) is 5.78. The van der Waals surface area contributed by atoms with E-state index in [9.17, 15) is 13.2 Å². The zero-order chi connectivity index (χ0) is 20.5. The van der Waals surface area contributed by atoms with Crippen LogP contribution in [0.1, 0.15) is 21.8 Å². The van der Waals surface area contributed by atoms with E-state index in [2.05, 4.69) is 14.8 Å². The number of thiazole rings is 1. The molecular weight excluding hydrogens is 396 g/mol. The van der Waals surface area contributed by atoms with Gasteiger partial charge >= 0.3 is 0 Å². The summed E-state index contributed by atoms with van der Waals surface area (Å²) in [5.74, 6) is 0. The molecule has 28 heavy (non-hydrogen) atoms. The molecule has 0 spiro atoms. The largest absolute Gasteiger partial charge is 0.268 e. The number of rotatable bonds is 6. The van der Waals surface area contributed by atoms with Gasteiger partial charge in [-0.25, -0.2) is 22.8 Å². The first kappa shape index (κ1) is 20.4. The number of hydrogen-bond donors (Lipinski definition) is 1. The molecule has 0 unspecified atom stereocenters. The molecule has 0 bridgehead atoms. The van der Waals surface area contributed by atoms with Crippen molar-refractivity contribution < 1.29 is 8.42 Å². The molecule has 9 heteroatoms. The van der Waals surface area contributed by atoms with Gasteiger partial charge in [-0.15, -0.1) is 11.3 Å². The fourth-order valence-corrected chi connectivity index (χ4v) is 4.74. The van der Waals surface area contributed by atoms with E-state index in [1.807, 2.05) is 27.7 Å². The van der Waals surface area contributed by atoms with Crippen molar-refractivity contribution in [1.29, 1.82) is 0 Å². The molecule has 0 aliphatic rings. The van der Waals surface area contributed by atoms with Crippen molar-refractivity contribution >= 4 is 21.4 Å². The van der Waals surface area contributed by atoms with Gasteiger partial charge in [-0.1, -0.05) is 6.07 Å². The number of nitrogens with one attached hydrogen (secondary N) is 1. The third-order valence-electron chi connectivity index (χ3n) is 4.41. The second-order valence-electron chi connectivity index (χ2n) is 6.57. The number of benzene rings is 1. The van der Waals surface area contributed by atoms with Gasteiger partial charge in [0.2, 0.25) is 10.0 Å². The lowest BCUT2D eigenvalue weighted by Gasteiger charge is -2.10. The molecular formula is C19H22N4O3S2. The van der Waals surface area contributed by atoms with Gasteiger partial charge < -0.3 is 0 Å². The van der Waals surface area contributed by atoms with Gasteiger partial charge in [-0.3, -0.25) is 4.79 Å². The van der Waals surface area contributed by atoms with E-state index in [1.165, 1.54) is 22.1 Å². The van der Waals surface area contributed by atoms with Gasteiger partial charge in [-0.05, 0) is 57.0 Å². The fraction of sp³-hybridized carbons (Fsp3) is 0.316. The Hall–Kier alpha value is -2.36. The predicted molar refractivity (Wildman–Crippen MR) is 110 cm³/mol. The molecule has 0 atom stereocenters. The van der Waals surface area contributed by atoms with Gasteiger partial charge in [0.1, 0.15) is 5.69 Å². The highest BCUT2D eigenvalue weighted by atomic mass is 32.2. The first-order valence-corrected chi connectivity index (χ1v) is 11.1. The van der Waals surface area contributed by atoms with Gasteiger partial charge in [0, 0.05) is 12.6 Å². The van der Waals surface area contributed by atoms with Crippen LogP contribution in [0.25, 0.3) is 10.6 Å². The Morgan fingerprint density at radius 3 is 2.46 bits per heavy atom. The smallest absolute Gasteiger partial charge is 0.266 e. The summed E-state index contributed by atoms with van der Waals surface area (Å²) in [7, 11) is -3.65. The maximum Gasteiger partial charge on any atom is 0.266 e. The van der Waals surface area contributed by atoms with Crippen molar-refractivity contribution in [3.8, 4) is 10.6 Å². The number of sulfonamides is 1. The maximum atomic E-state index is 12.5. The minimum atomic E-state index is -3.65. The van der Waals surface area contributed by atoms with Crippen LogP contribution in [0.15, 0.2) is 40.0 Å². The Labute approximate surface area is 168 Å². The van der Waals surface area contributed by atoms with Crippen molar-refractivity contribution in [2.75, 3.05) is 6.54 Å². The molecule has 0 saturated carbocycles. The van der Waals surface area contributed by atoms with Crippen molar-refractivity contribution in [2.45, 2.75) is 39.1 Å². The summed E-state index contributed by atoms with van der Waals surface area (Å²) in [5.41, 5.74) is 3.16. The van der Waals surface area contributed by atoms with E-state index in [0.717, 1.165) is 26.7 Å². The first-order chi connectivity index (χ1) is 13.2. The molecule has 1 N–H and O–H groups in total. The summed E-state index contributed by atoms with van der Waals surface area (Å²) >= 11 is 1.51. The summed E-state index contributed by atoms with van der Waals surface area (Å²) in [6, 6.07) is 8.09. The Morgan fingerprint density at radius 1 is 1.07 bits per heavy atom. The van der Waals surface area contributed by atoms with Crippen molar-refractivity contribution in [2.24, 2.45) is 0 Å². The highest BCUT2D eigenvalue weighted by Crippen LogP contribution is 2.27. The van der Waals surface area contributed by atoms with E-state index in [1.54, 1.807) is 24.3 Å². The summed E-state index contributed by atoms with van der Waals surface area (Å²) in [5, 5.41) is 5.30. The van der Waals surface area contributed by atoms with Gasteiger partial charge in [0.25, 0.3) is 5.56 Å². The molecule has 3 rings (SSSR count). The fourth-order valence-electron chi connectivity index (χ4n) is 2.75. The quantitative estimate of drug-likeness (QED) is 0.664. The average Bonchev–Trinajstić information content (AvgIpc) is 2.97. The Balaban J connectivity index is 1.75. The molecule has 0 aliphatic heterocycles. The molecule has 3 aromatic rings. The number of hydrogen-bond acceptors (Lipinski definition) is 6. The van der Waals surface area contributed by atoms with E-state index in [4.69, 9.17) is 0 Å². The molecule has 0 saturated heterocycles. The molecule has 2 heterocycles. The lowest BCUT2D eigenvalue weighted by Crippen LogP contribution is -2.32. The van der Waals surface area contributed by atoms with E-state index in [0.29, 0.717) is 5.69 Å². The predicted octanol–water partition coefficient (Wildman–Crippen LogP) is 2.58. The van der Waals surface area contributed by atoms with Crippen molar-refractivity contribution in [3.05, 3.63) is 62.5 Å². The second-order valence-corrected chi connectivity index (χ2v) is 9.54. The van der Waals surface area contributed by atoms with Crippen molar-refractivity contribution in [1.82, 2.24) is 19.5 Å². The zero-order valence-electron chi connectivity index (χ0n) is 16.2. The Morgan fingerprint density at radius 2 is 1.82 bits per heavy atom. The minimum absolute atomic E-state index is 0.0618. The highest BCUT2D eigenvalue weighted by molar-refractivity contribution is 7.89. The molecule has 0 fully saturated rings.